The van der Waals surface area contributed by atoms with Gasteiger partial charge in [0.2, 0.25) is 0 Å². The van der Waals surface area contributed by atoms with Crippen LogP contribution in [0.15, 0.2) is 18.2 Å². The van der Waals surface area contributed by atoms with Crippen molar-refractivity contribution in [2.75, 3.05) is 5.73 Å². The van der Waals surface area contributed by atoms with Crippen LogP contribution in [0.4, 0.5) is 5.69 Å². The Morgan fingerprint density at radius 2 is 2.16 bits per heavy atom. The predicted octanol–water partition coefficient (Wildman–Crippen LogP) is 3.10. The van der Waals surface area contributed by atoms with E-state index in [2.05, 4.69) is 6.92 Å². The van der Waals surface area contributed by atoms with Crippen LogP contribution in [-0.4, -0.2) is 17.2 Å². The first kappa shape index (κ1) is 13.7. The molecule has 2 atom stereocenters. The Labute approximate surface area is 113 Å². The summed E-state index contributed by atoms with van der Waals surface area (Å²) in [6.45, 7) is 2.12. The van der Waals surface area contributed by atoms with E-state index in [0.717, 1.165) is 25.7 Å². The number of nitrogens with two attached hydrogens (primary N) is 1. The molecule has 1 aliphatic rings. The smallest absolute Gasteiger partial charge is 0.340 e. The molecule has 0 amide bonds. The lowest BCUT2D eigenvalue weighted by molar-refractivity contribution is 0.000788. The van der Waals surface area contributed by atoms with Crippen LogP contribution >= 0.6 is 0 Å². The first-order valence-corrected chi connectivity index (χ1v) is 6.91. The molecule has 2 unspecified atom stereocenters. The first-order chi connectivity index (χ1) is 9.11. The van der Waals surface area contributed by atoms with Gasteiger partial charge in [0.05, 0.1) is 5.56 Å². The molecule has 3 N–H and O–H groups in total. The second-order valence-electron chi connectivity index (χ2n) is 5.17. The van der Waals surface area contributed by atoms with Gasteiger partial charge in [-0.3, -0.25) is 0 Å². The number of phenolic OH excluding ortho intramolecular Hbond substituents is 1. The van der Waals surface area contributed by atoms with E-state index in [0.29, 0.717) is 11.6 Å². The van der Waals surface area contributed by atoms with E-state index in [4.69, 9.17) is 10.5 Å². The minimum Gasteiger partial charge on any atom is -0.508 e. The molecule has 4 nitrogen and oxygen atoms in total. The molecule has 19 heavy (non-hydrogen) atoms. The van der Waals surface area contributed by atoms with Gasteiger partial charge in [-0.2, -0.15) is 0 Å². The van der Waals surface area contributed by atoms with Gasteiger partial charge < -0.3 is 15.6 Å². The molecule has 0 radical (unpaired) electrons. The molecule has 0 heterocycles. The molecule has 1 aromatic rings. The second-order valence-corrected chi connectivity index (χ2v) is 5.17. The van der Waals surface area contributed by atoms with Crippen molar-refractivity contribution in [1.29, 1.82) is 0 Å². The summed E-state index contributed by atoms with van der Waals surface area (Å²) < 4.78 is 5.59. The van der Waals surface area contributed by atoms with Gasteiger partial charge in [-0.15, -0.1) is 0 Å². The monoisotopic (exact) mass is 263 g/mol. The lowest BCUT2D eigenvalue weighted by Crippen LogP contribution is -2.30. The standard InChI is InChI=1S/C15H21NO3/c1-2-10-5-3-4-6-14(10)19-15(18)12-9-11(17)7-8-13(12)16/h7-10,14,17H,2-6,16H2,1H3. The third-order valence-electron chi connectivity index (χ3n) is 3.88. The van der Waals surface area contributed by atoms with Crippen LogP contribution in [-0.2, 0) is 4.74 Å². The minimum absolute atomic E-state index is 0.0204. The number of ether oxygens (including phenoxy) is 1. The van der Waals surface area contributed by atoms with Gasteiger partial charge in [-0.1, -0.05) is 13.3 Å². The lowest BCUT2D eigenvalue weighted by Gasteiger charge is -2.30. The van der Waals surface area contributed by atoms with Gasteiger partial charge in [0, 0.05) is 5.69 Å². The van der Waals surface area contributed by atoms with Gasteiger partial charge in [-0.05, 0) is 49.8 Å². The number of carbonyl (C=O) groups is 1. The van der Waals surface area contributed by atoms with Crippen LogP contribution in [0.3, 0.4) is 0 Å². The quantitative estimate of drug-likeness (QED) is 0.499. The Balaban J connectivity index is 2.09. The van der Waals surface area contributed by atoms with Crippen LogP contribution in [0.25, 0.3) is 0 Å². The van der Waals surface area contributed by atoms with Crippen molar-refractivity contribution >= 4 is 11.7 Å². The summed E-state index contributed by atoms with van der Waals surface area (Å²) in [5.74, 6) is 0.0341. The maximum Gasteiger partial charge on any atom is 0.340 e. The average Bonchev–Trinajstić information content (AvgIpc) is 2.42. The normalized spacial score (nSPS) is 23.0. The lowest BCUT2D eigenvalue weighted by atomic mass is 9.85. The summed E-state index contributed by atoms with van der Waals surface area (Å²) >= 11 is 0. The van der Waals surface area contributed by atoms with E-state index in [-0.39, 0.29) is 17.4 Å². The highest BCUT2D eigenvalue weighted by molar-refractivity contribution is 5.95. The van der Waals surface area contributed by atoms with Gasteiger partial charge in [0.25, 0.3) is 0 Å². The van der Waals surface area contributed by atoms with Crippen molar-refractivity contribution < 1.29 is 14.6 Å². The van der Waals surface area contributed by atoms with Crippen molar-refractivity contribution in [3.63, 3.8) is 0 Å². The van der Waals surface area contributed by atoms with Gasteiger partial charge >= 0.3 is 5.97 Å². The number of rotatable bonds is 3. The molecule has 1 saturated carbocycles. The van der Waals surface area contributed by atoms with E-state index < -0.39 is 5.97 Å². The Hall–Kier alpha value is -1.71. The number of hydrogen-bond acceptors (Lipinski definition) is 4. The van der Waals surface area contributed by atoms with Crippen molar-refractivity contribution in [2.24, 2.45) is 5.92 Å². The maximum absolute atomic E-state index is 12.1. The fourth-order valence-electron chi connectivity index (χ4n) is 2.72. The average molecular weight is 263 g/mol. The van der Waals surface area contributed by atoms with Crippen LogP contribution in [0, 0.1) is 5.92 Å². The Morgan fingerprint density at radius 1 is 1.42 bits per heavy atom. The molecule has 0 bridgehead atoms. The molecule has 104 valence electrons. The molecule has 0 aromatic heterocycles. The third kappa shape index (κ3) is 3.19. The summed E-state index contributed by atoms with van der Waals surface area (Å²) in [5, 5.41) is 9.43. The van der Waals surface area contributed by atoms with E-state index >= 15 is 0 Å². The number of aromatic hydroxyl groups is 1. The zero-order valence-corrected chi connectivity index (χ0v) is 11.3. The largest absolute Gasteiger partial charge is 0.508 e. The fraction of sp³-hybridized carbons (Fsp3) is 0.533. The molecule has 1 aliphatic carbocycles. The van der Waals surface area contributed by atoms with Crippen LogP contribution in [0.5, 0.6) is 5.75 Å². The zero-order valence-electron chi connectivity index (χ0n) is 11.3. The number of nitrogen functional groups attached to an aromatic ring is 1. The fourth-order valence-corrected chi connectivity index (χ4v) is 2.72. The molecular weight excluding hydrogens is 242 g/mol. The van der Waals surface area contributed by atoms with Crippen molar-refractivity contribution in [2.45, 2.75) is 45.1 Å². The number of anilines is 1. The van der Waals surface area contributed by atoms with Gasteiger partial charge in [0.1, 0.15) is 11.9 Å². The Morgan fingerprint density at radius 3 is 2.89 bits per heavy atom. The van der Waals surface area contributed by atoms with Crippen molar-refractivity contribution in [3.05, 3.63) is 23.8 Å². The Kier molecular flexibility index (Phi) is 4.30. The highest BCUT2D eigenvalue weighted by atomic mass is 16.5. The zero-order chi connectivity index (χ0) is 13.8. The molecular formula is C15H21NO3. The molecule has 0 aliphatic heterocycles. The summed E-state index contributed by atoms with van der Waals surface area (Å²) in [7, 11) is 0. The number of esters is 1. The summed E-state index contributed by atoms with van der Waals surface area (Å²) in [6.07, 6.45) is 5.35. The molecule has 2 rings (SSSR count). The highest BCUT2D eigenvalue weighted by Gasteiger charge is 2.27. The first-order valence-electron chi connectivity index (χ1n) is 6.91. The molecule has 4 heteroatoms. The summed E-state index contributed by atoms with van der Waals surface area (Å²) in [4.78, 5) is 12.1. The number of benzene rings is 1. The van der Waals surface area contributed by atoms with Gasteiger partial charge in [0.15, 0.2) is 0 Å². The molecule has 1 fully saturated rings. The van der Waals surface area contributed by atoms with Crippen LogP contribution < -0.4 is 5.73 Å². The summed E-state index contributed by atoms with van der Waals surface area (Å²) in [5.41, 5.74) is 6.34. The second kappa shape index (κ2) is 5.95. The number of hydrogen-bond donors (Lipinski definition) is 2. The van der Waals surface area contributed by atoms with Crippen molar-refractivity contribution in [3.8, 4) is 5.75 Å². The number of phenols is 1. The highest BCUT2D eigenvalue weighted by Crippen LogP contribution is 2.30. The van der Waals surface area contributed by atoms with E-state index in [1.807, 2.05) is 0 Å². The summed E-state index contributed by atoms with van der Waals surface area (Å²) in [6, 6.07) is 4.34. The Bertz CT molecular complexity index is 459. The van der Waals surface area contributed by atoms with Gasteiger partial charge in [-0.25, -0.2) is 4.79 Å². The maximum atomic E-state index is 12.1. The number of carbonyl (C=O) groups excluding carboxylic acids is 1. The molecule has 1 aromatic carbocycles. The van der Waals surface area contributed by atoms with Crippen LogP contribution in [0.1, 0.15) is 49.4 Å². The molecule has 0 spiro atoms. The van der Waals surface area contributed by atoms with E-state index in [1.54, 1.807) is 0 Å². The van der Waals surface area contributed by atoms with Crippen molar-refractivity contribution in [1.82, 2.24) is 0 Å². The molecule has 0 saturated heterocycles. The van der Waals surface area contributed by atoms with Crippen LogP contribution in [0.2, 0.25) is 0 Å². The topological polar surface area (TPSA) is 72.5 Å². The third-order valence-corrected chi connectivity index (χ3v) is 3.88. The SMILES string of the molecule is CCC1CCCCC1OC(=O)c1cc(O)ccc1N. The van der Waals surface area contributed by atoms with E-state index in [9.17, 15) is 9.90 Å². The van der Waals surface area contributed by atoms with E-state index in [1.165, 1.54) is 24.6 Å². The predicted molar refractivity (Wildman–Crippen MR) is 74.0 cm³/mol. The minimum atomic E-state index is -0.432.